The molecule has 0 aromatic heterocycles. The number of nitro groups is 1. The van der Waals surface area contributed by atoms with Gasteiger partial charge >= 0.3 is 0 Å². The molecule has 0 spiro atoms. The van der Waals surface area contributed by atoms with E-state index in [1.807, 2.05) is 0 Å². The summed E-state index contributed by atoms with van der Waals surface area (Å²) in [7, 11) is -6.06. The van der Waals surface area contributed by atoms with Gasteiger partial charge in [0.1, 0.15) is 0 Å². The number of benzene rings is 1. The van der Waals surface area contributed by atoms with Crippen molar-refractivity contribution in [3.8, 4) is 0 Å². The minimum Gasteiger partial charge on any atom is -0.410 e. The Morgan fingerprint density at radius 2 is 1.79 bits per heavy atom. The van der Waals surface area contributed by atoms with E-state index in [2.05, 4.69) is 51.3 Å². The summed E-state index contributed by atoms with van der Waals surface area (Å²) in [4.78, 5) is 10.3. The van der Waals surface area contributed by atoms with E-state index in [9.17, 15) is 18.5 Å². The Hall–Kier alpha value is -1.84. The standard InChI is InChI=1S/C24H38N2O5SSi/c1-7-8-9-10-14-23(31-33(5,6)24(2,3)4)21-12-11-13-22(21)25-32(29,30)20-17-15-19(16-18-20)26(27)28/h12,15-18,23H,7-11,13-14H2,1-6H3/b25-22+. The molecular weight excluding hydrogens is 456 g/mol. The lowest BCUT2D eigenvalue weighted by Gasteiger charge is -2.40. The number of sulfonamides is 1. The third kappa shape index (κ3) is 7.32. The van der Waals surface area contributed by atoms with Crippen LogP contribution in [-0.2, 0) is 14.4 Å². The van der Waals surface area contributed by atoms with E-state index < -0.39 is 23.3 Å². The van der Waals surface area contributed by atoms with Gasteiger partial charge in [-0.1, -0.05) is 59.5 Å². The van der Waals surface area contributed by atoms with Crippen molar-refractivity contribution >= 4 is 29.7 Å². The van der Waals surface area contributed by atoms with Crippen molar-refractivity contribution in [2.24, 2.45) is 4.40 Å². The van der Waals surface area contributed by atoms with Gasteiger partial charge in [0.2, 0.25) is 0 Å². The number of rotatable bonds is 11. The summed E-state index contributed by atoms with van der Waals surface area (Å²) in [6.45, 7) is 13.2. The predicted octanol–water partition coefficient (Wildman–Crippen LogP) is 6.81. The SMILES string of the molecule is CCCCCCC(O[Si](C)(C)C(C)(C)C)C1=CCC/C1=N\S(=O)(=O)c1ccc([N+](=O)[O-])cc1. The van der Waals surface area contributed by atoms with Gasteiger partial charge in [0.15, 0.2) is 8.32 Å². The van der Waals surface area contributed by atoms with Crippen molar-refractivity contribution in [3.05, 3.63) is 46.0 Å². The van der Waals surface area contributed by atoms with Crippen molar-refractivity contribution in [2.75, 3.05) is 0 Å². The highest BCUT2D eigenvalue weighted by molar-refractivity contribution is 7.90. The topological polar surface area (TPSA) is 98.9 Å². The van der Waals surface area contributed by atoms with Crippen LogP contribution in [0.4, 0.5) is 5.69 Å². The first-order valence-corrected chi connectivity index (χ1v) is 16.1. The largest absolute Gasteiger partial charge is 0.410 e. The molecule has 1 unspecified atom stereocenters. The Morgan fingerprint density at radius 3 is 2.33 bits per heavy atom. The predicted molar refractivity (Wildman–Crippen MR) is 136 cm³/mol. The first kappa shape index (κ1) is 27.4. The van der Waals surface area contributed by atoms with Crippen molar-refractivity contribution < 1.29 is 17.8 Å². The van der Waals surface area contributed by atoms with Crippen LogP contribution in [-0.4, -0.2) is 33.5 Å². The van der Waals surface area contributed by atoms with Crippen molar-refractivity contribution in [2.45, 2.75) is 102 Å². The van der Waals surface area contributed by atoms with Gasteiger partial charge in [-0.15, -0.1) is 0 Å². The minimum atomic E-state index is -3.97. The molecular formula is C24H38N2O5SSi. The minimum absolute atomic E-state index is 0.0377. The second-order valence-electron chi connectivity index (χ2n) is 10.2. The molecule has 1 aromatic rings. The van der Waals surface area contributed by atoms with Gasteiger partial charge in [0.25, 0.3) is 15.7 Å². The summed E-state index contributed by atoms with van der Waals surface area (Å²) in [6.07, 6.45) is 8.48. The molecule has 1 aliphatic carbocycles. The number of unbranched alkanes of at least 4 members (excludes halogenated alkanes) is 3. The van der Waals surface area contributed by atoms with Crippen LogP contribution >= 0.6 is 0 Å². The first-order chi connectivity index (χ1) is 15.3. The average molecular weight is 495 g/mol. The lowest BCUT2D eigenvalue weighted by molar-refractivity contribution is -0.384. The van der Waals surface area contributed by atoms with E-state index in [1.165, 1.54) is 30.7 Å². The number of allylic oxidation sites excluding steroid dienone is 1. The van der Waals surface area contributed by atoms with Crippen LogP contribution < -0.4 is 0 Å². The second kappa shape index (κ2) is 11.1. The van der Waals surface area contributed by atoms with Crippen LogP contribution in [0.1, 0.15) is 72.6 Å². The maximum absolute atomic E-state index is 13.0. The maximum atomic E-state index is 13.0. The number of nitro benzene ring substituents is 1. The molecule has 0 fully saturated rings. The third-order valence-corrected chi connectivity index (χ3v) is 12.4. The van der Waals surface area contributed by atoms with E-state index in [-0.39, 0.29) is 21.7 Å². The number of nitrogens with zero attached hydrogens (tertiary/aromatic N) is 2. The lowest BCUT2D eigenvalue weighted by atomic mass is 10.0. The summed E-state index contributed by atoms with van der Waals surface area (Å²) in [5.41, 5.74) is 1.28. The number of non-ortho nitro benzene ring substituents is 1. The third-order valence-electron chi connectivity index (χ3n) is 6.56. The van der Waals surface area contributed by atoms with Crippen LogP contribution in [0, 0.1) is 10.1 Å². The molecule has 9 heteroatoms. The fourth-order valence-corrected chi connectivity index (χ4v) is 5.93. The summed E-state index contributed by atoms with van der Waals surface area (Å²) < 4.78 is 36.9. The molecule has 0 saturated heterocycles. The van der Waals surface area contributed by atoms with E-state index >= 15 is 0 Å². The highest BCUT2D eigenvalue weighted by atomic mass is 32.2. The van der Waals surface area contributed by atoms with Gasteiger partial charge in [-0.3, -0.25) is 10.1 Å². The van der Waals surface area contributed by atoms with Gasteiger partial charge < -0.3 is 4.43 Å². The first-order valence-electron chi connectivity index (χ1n) is 11.7. The highest BCUT2D eigenvalue weighted by Gasteiger charge is 2.40. The maximum Gasteiger partial charge on any atom is 0.282 e. The zero-order valence-corrected chi connectivity index (χ0v) is 22.6. The Labute approximate surface area is 199 Å². The highest BCUT2D eigenvalue weighted by Crippen LogP contribution is 2.40. The van der Waals surface area contributed by atoms with E-state index in [1.54, 1.807) is 0 Å². The average Bonchev–Trinajstić information content (AvgIpc) is 3.16. The quantitative estimate of drug-likeness (QED) is 0.146. The van der Waals surface area contributed by atoms with E-state index in [4.69, 9.17) is 4.43 Å². The molecule has 0 saturated carbocycles. The van der Waals surface area contributed by atoms with Crippen LogP contribution in [0.5, 0.6) is 0 Å². The zero-order chi connectivity index (χ0) is 24.9. The normalized spacial score (nSPS) is 17.3. The van der Waals surface area contributed by atoms with Crippen molar-refractivity contribution in [1.29, 1.82) is 0 Å². The molecule has 0 bridgehead atoms. The fraction of sp³-hybridized carbons (Fsp3) is 0.625. The van der Waals surface area contributed by atoms with Crippen molar-refractivity contribution in [1.82, 2.24) is 0 Å². The molecule has 0 heterocycles. The molecule has 2 rings (SSSR count). The summed E-state index contributed by atoms with van der Waals surface area (Å²) in [5.74, 6) is 0. The molecule has 1 aliphatic rings. The number of hydrogen-bond donors (Lipinski definition) is 0. The van der Waals surface area contributed by atoms with Crippen molar-refractivity contribution in [3.63, 3.8) is 0 Å². The molecule has 33 heavy (non-hydrogen) atoms. The molecule has 0 N–H and O–H groups in total. The molecule has 0 amide bonds. The van der Waals surface area contributed by atoms with E-state index in [0.717, 1.165) is 37.7 Å². The van der Waals surface area contributed by atoms with Crippen LogP contribution in [0.3, 0.4) is 0 Å². The monoisotopic (exact) mass is 494 g/mol. The van der Waals surface area contributed by atoms with Crippen LogP contribution in [0.25, 0.3) is 0 Å². The summed E-state index contributed by atoms with van der Waals surface area (Å²) in [5, 5.41) is 10.9. The molecule has 1 atom stereocenters. The Kier molecular flexibility index (Phi) is 9.18. The van der Waals surface area contributed by atoms with Gasteiger partial charge in [0.05, 0.1) is 21.6 Å². The zero-order valence-electron chi connectivity index (χ0n) is 20.8. The molecule has 7 nitrogen and oxygen atoms in total. The van der Waals surface area contributed by atoms with E-state index in [0.29, 0.717) is 12.1 Å². The summed E-state index contributed by atoms with van der Waals surface area (Å²) >= 11 is 0. The molecule has 0 radical (unpaired) electrons. The summed E-state index contributed by atoms with van der Waals surface area (Å²) in [6, 6.07) is 4.86. The molecule has 0 aliphatic heterocycles. The van der Waals surface area contributed by atoms with Gasteiger partial charge in [-0.25, -0.2) is 0 Å². The lowest BCUT2D eigenvalue weighted by Crippen LogP contribution is -2.44. The smallest absolute Gasteiger partial charge is 0.282 e. The Balaban J connectivity index is 2.34. The molecule has 184 valence electrons. The fourth-order valence-electron chi connectivity index (χ4n) is 3.55. The number of hydrogen-bond acceptors (Lipinski definition) is 5. The van der Waals surface area contributed by atoms with Gasteiger partial charge in [-0.2, -0.15) is 12.8 Å². The van der Waals surface area contributed by atoms with Gasteiger partial charge in [-0.05, 0) is 55.1 Å². The van der Waals surface area contributed by atoms with Crippen LogP contribution in [0.2, 0.25) is 18.1 Å². The van der Waals surface area contributed by atoms with Crippen LogP contribution in [0.15, 0.2) is 45.2 Å². The Morgan fingerprint density at radius 1 is 1.15 bits per heavy atom. The molecule has 1 aromatic carbocycles. The second-order valence-corrected chi connectivity index (χ2v) is 16.5. The Bertz CT molecular complexity index is 993. The van der Waals surface area contributed by atoms with Gasteiger partial charge in [0, 0.05) is 12.1 Å².